The predicted octanol–water partition coefficient (Wildman–Crippen LogP) is 2.13. The molecule has 1 aliphatic heterocycles. The van der Waals surface area contributed by atoms with Crippen LogP contribution in [0.25, 0.3) is 11.2 Å². The van der Waals surface area contributed by atoms with E-state index in [0.717, 1.165) is 30.0 Å². The molecule has 3 aromatic rings. The topological polar surface area (TPSA) is 77.5 Å². The van der Waals surface area contributed by atoms with Crippen LogP contribution in [0.4, 0.5) is 5.95 Å². The van der Waals surface area contributed by atoms with Crippen molar-refractivity contribution in [3.63, 3.8) is 0 Å². The van der Waals surface area contributed by atoms with Crippen LogP contribution in [-0.4, -0.2) is 32.8 Å². The largest absolute Gasteiger partial charge is 0.467 e. The fraction of sp³-hybridized carbons (Fsp3) is 0.267. The van der Waals surface area contributed by atoms with Gasteiger partial charge in [-0.3, -0.25) is 4.40 Å². The summed E-state index contributed by atoms with van der Waals surface area (Å²) in [4.78, 5) is 4.50. The molecule has 7 heteroatoms. The number of rotatable bonds is 4. The van der Waals surface area contributed by atoms with Crippen molar-refractivity contribution in [2.24, 2.45) is 0 Å². The number of ether oxygens (including phenoxy) is 1. The second-order valence-corrected chi connectivity index (χ2v) is 5.01. The molecule has 1 N–H and O–H groups in total. The average molecular weight is 297 g/mol. The van der Waals surface area contributed by atoms with E-state index in [2.05, 4.69) is 26.6 Å². The first kappa shape index (κ1) is 13.0. The van der Waals surface area contributed by atoms with Gasteiger partial charge in [0, 0.05) is 11.8 Å². The molecule has 0 amide bonds. The lowest BCUT2D eigenvalue weighted by Gasteiger charge is -2.15. The van der Waals surface area contributed by atoms with E-state index in [1.165, 1.54) is 5.57 Å². The first-order valence-corrected chi connectivity index (χ1v) is 7.14. The lowest BCUT2D eigenvalue weighted by atomic mass is 10.0. The van der Waals surface area contributed by atoms with E-state index in [9.17, 15) is 0 Å². The summed E-state index contributed by atoms with van der Waals surface area (Å²) in [7, 11) is 0. The molecule has 0 saturated heterocycles. The van der Waals surface area contributed by atoms with Gasteiger partial charge in [0.25, 0.3) is 0 Å². The van der Waals surface area contributed by atoms with Crippen molar-refractivity contribution in [1.29, 1.82) is 0 Å². The molecular weight excluding hydrogens is 282 g/mol. The zero-order chi connectivity index (χ0) is 14.8. The third-order valence-electron chi connectivity index (χ3n) is 3.64. The fourth-order valence-electron chi connectivity index (χ4n) is 2.53. The quantitative estimate of drug-likeness (QED) is 0.795. The molecule has 0 spiro atoms. The first-order valence-electron chi connectivity index (χ1n) is 7.14. The van der Waals surface area contributed by atoms with E-state index in [0.29, 0.717) is 19.1 Å². The van der Waals surface area contributed by atoms with E-state index in [4.69, 9.17) is 9.15 Å². The lowest BCUT2D eigenvalue weighted by molar-refractivity contribution is 0.161. The standard InChI is InChI=1S/C15H15N5O2/c1-2-12(22-5-1)8-16-15-17-9-13(11-3-6-21-7-4-11)14-19-18-10-20(14)15/h1-3,5,9-10H,4,6-8H2,(H,16,17). The number of aromatic nitrogens is 4. The van der Waals surface area contributed by atoms with Gasteiger partial charge in [-0.1, -0.05) is 6.08 Å². The zero-order valence-corrected chi connectivity index (χ0v) is 11.9. The molecule has 1 aliphatic rings. The number of furan rings is 1. The van der Waals surface area contributed by atoms with E-state index in [-0.39, 0.29) is 0 Å². The highest BCUT2D eigenvalue weighted by Crippen LogP contribution is 2.25. The van der Waals surface area contributed by atoms with E-state index >= 15 is 0 Å². The Labute approximate surface area is 126 Å². The Hall–Kier alpha value is -2.67. The summed E-state index contributed by atoms with van der Waals surface area (Å²) in [5, 5.41) is 11.5. The normalized spacial score (nSPS) is 15.0. The molecule has 3 aromatic heterocycles. The van der Waals surface area contributed by atoms with Crippen molar-refractivity contribution in [2.45, 2.75) is 13.0 Å². The summed E-state index contributed by atoms with van der Waals surface area (Å²) in [6.07, 6.45) is 8.09. The highest BCUT2D eigenvalue weighted by molar-refractivity contribution is 5.76. The monoisotopic (exact) mass is 297 g/mol. The van der Waals surface area contributed by atoms with Gasteiger partial charge in [-0.2, -0.15) is 0 Å². The Kier molecular flexibility index (Phi) is 3.32. The Morgan fingerprint density at radius 1 is 1.36 bits per heavy atom. The minimum atomic E-state index is 0.559. The first-order chi connectivity index (χ1) is 10.9. The molecule has 22 heavy (non-hydrogen) atoms. The van der Waals surface area contributed by atoms with Gasteiger partial charge in [-0.25, -0.2) is 4.98 Å². The molecule has 0 unspecified atom stereocenters. The molecule has 0 saturated carbocycles. The molecule has 0 fully saturated rings. The second-order valence-electron chi connectivity index (χ2n) is 5.01. The third-order valence-corrected chi connectivity index (χ3v) is 3.64. The minimum Gasteiger partial charge on any atom is -0.467 e. The molecule has 4 heterocycles. The van der Waals surface area contributed by atoms with Gasteiger partial charge in [-0.15, -0.1) is 10.2 Å². The summed E-state index contributed by atoms with van der Waals surface area (Å²) in [6.45, 7) is 1.92. The molecule has 0 aliphatic carbocycles. The van der Waals surface area contributed by atoms with Crippen molar-refractivity contribution in [1.82, 2.24) is 19.6 Å². The van der Waals surface area contributed by atoms with Crippen molar-refractivity contribution in [3.05, 3.63) is 48.3 Å². The SMILES string of the molecule is C1=C(c2cnc(NCc3ccco3)n3cnnc23)CCOC1. The van der Waals surface area contributed by atoms with Crippen LogP contribution in [0.3, 0.4) is 0 Å². The third kappa shape index (κ3) is 2.35. The van der Waals surface area contributed by atoms with Crippen LogP contribution in [0.5, 0.6) is 0 Å². The fourth-order valence-corrected chi connectivity index (χ4v) is 2.53. The number of nitrogens with one attached hydrogen (secondary N) is 1. The molecule has 0 atom stereocenters. The van der Waals surface area contributed by atoms with Crippen LogP contribution in [-0.2, 0) is 11.3 Å². The molecule has 7 nitrogen and oxygen atoms in total. The molecule has 0 radical (unpaired) electrons. The highest BCUT2D eigenvalue weighted by atomic mass is 16.5. The maximum absolute atomic E-state index is 5.36. The van der Waals surface area contributed by atoms with Gasteiger partial charge in [0.1, 0.15) is 12.1 Å². The van der Waals surface area contributed by atoms with Gasteiger partial charge >= 0.3 is 0 Å². The molecular formula is C15H15N5O2. The van der Waals surface area contributed by atoms with Gasteiger partial charge < -0.3 is 14.5 Å². The molecule has 0 bridgehead atoms. The smallest absolute Gasteiger partial charge is 0.210 e. The highest BCUT2D eigenvalue weighted by Gasteiger charge is 2.14. The van der Waals surface area contributed by atoms with Crippen LogP contribution < -0.4 is 5.32 Å². The number of fused-ring (bicyclic) bond motifs is 1. The van der Waals surface area contributed by atoms with Crippen molar-refractivity contribution >= 4 is 17.2 Å². The number of hydrogen-bond acceptors (Lipinski definition) is 6. The Morgan fingerprint density at radius 3 is 3.18 bits per heavy atom. The maximum atomic E-state index is 5.36. The maximum Gasteiger partial charge on any atom is 0.210 e. The van der Waals surface area contributed by atoms with Crippen molar-refractivity contribution < 1.29 is 9.15 Å². The van der Waals surface area contributed by atoms with Crippen LogP contribution >= 0.6 is 0 Å². The zero-order valence-electron chi connectivity index (χ0n) is 11.9. The van der Waals surface area contributed by atoms with Gasteiger partial charge in [-0.05, 0) is 24.1 Å². The van der Waals surface area contributed by atoms with Crippen LogP contribution in [0.2, 0.25) is 0 Å². The molecule has 112 valence electrons. The van der Waals surface area contributed by atoms with Gasteiger partial charge in [0.05, 0.1) is 26.0 Å². The number of anilines is 1. The van der Waals surface area contributed by atoms with Crippen LogP contribution in [0, 0.1) is 0 Å². The number of nitrogens with zero attached hydrogens (tertiary/aromatic N) is 4. The summed E-state index contributed by atoms with van der Waals surface area (Å²) >= 11 is 0. The lowest BCUT2D eigenvalue weighted by Crippen LogP contribution is -2.09. The average Bonchev–Trinajstić information content (AvgIpc) is 3.25. The van der Waals surface area contributed by atoms with Crippen molar-refractivity contribution in [2.75, 3.05) is 18.5 Å². The number of hydrogen-bond donors (Lipinski definition) is 1. The Morgan fingerprint density at radius 2 is 2.36 bits per heavy atom. The van der Waals surface area contributed by atoms with Gasteiger partial charge in [0.2, 0.25) is 5.95 Å². The van der Waals surface area contributed by atoms with Gasteiger partial charge in [0.15, 0.2) is 5.65 Å². The summed E-state index contributed by atoms with van der Waals surface area (Å²) in [5.41, 5.74) is 3.00. The van der Waals surface area contributed by atoms with E-state index < -0.39 is 0 Å². The van der Waals surface area contributed by atoms with Crippen LogP contribution in [0.15, 0.2) is 41.4 Å². The Balaban J connectivity index is 1.67. The second kappa shape index (κ2) is 5.61. The Bertz CT molecular complexity index is 807. The molecule has 0 aromatic carbocycles. The van der Waals surface area contributed by atoms with Crippen LogP contribution in [0.1, 0.15) is 17.7 Å². The van der Waals surface area contributed by atoms with E-state index in [1.807, 2.05) is 22.7 Å². The van der Waals surface area contributed by atoms with Crippen molar-refractivity contribution in [3.8, 4) is 0 Å². The van der Waals surface area contributed by atoms with E-state index in [1.54, 1.807) is 12.6 Å². The summed E-state index contributed by atoms with van der Waals surface area (Å²) in [6, 6.07) is 3.77. The minimum absolute atomic E-state index is 0.559. The summed E-state index contributed by atoms with van der Waals surface area (Å²) < 4.78 is 12.5. The predicted molar refractivity (Wildman–Crippen MR) is 80.2 cm³/mol. The summed E-state index contributed by atoms with van der Waals surface area (Å²) in [5.74, 6) is 1.53. The molecule has 4 rings (SSSR count).